The number of unbranched alkanes of at least 4 members (excludes halogenated alkanes) is 5. The predicted molar refractivity (Wildman–Crippen MR) is 83.1 cm³/mol. The minimum absolute atomic E-state index is 0. The van der Waals surface area contributed by atoms with Crippen LogP contribution in [0.15, 0.2) is 24.3 Å². The summed E-state index contributed by atoms with van der Waals surface area (Å²) < 4.78 is 1.01. The molecular formula is C17H30ClN. The molecule has 0 heterocycles. The molecule has 19 heavy (non-hydrogen) atoms. The summed E-state index contributed by atoms with van der Waals surface area (Å²) in [5, 5.41) is 0. The molecule has 0 saturated carbocycles. The van der Waals surface area contributed by atoms with Crippen molar-refractivity contribution in [3.05, 3.63) is 29.8 Å². The SMILES string of the molecule is CCCCCCCC[N+](C)(C)c1ccc(C)cc1.[Cl-]. The summed E-state index contributed by atoms with van der Waals surface area (Å²) in [4.78, 5) is 0. The first-order chi connectivity index (χ1) is 8.56. The van der Waals surface area contributed by atoms with E-state index >= 15 is 0 Å². The zero-order valence-electron chi connectivity index (χ0n) is 13.1. The minimum Gasteiger partial charge on any atom is -1.00 e. The first-order valence-electron chi connectivity index (χ1n) is 7.46. The van der Waals surface area contributed by atoms with Crippen LogP contribution in [0.3, 0.4) is 0 Å². The van der Waals surface area contributed by atoms with Crippen LogP contribution in [0.2, 0.25) is 0 Å². The fraction of sp³-hybridized carbons (Fsp3) is 0.647. The maximum atomic E-state index is 2.32. The molecule has 0 aliphatic rings. The highest BCUT2D eigenvalue weighted by Crippen LogP contribution is 2.20. The van der Waals surface area contributed by atoms with Crippen molar-refractivity contribution in [2.45, 2.75) is 52.4 Å². The third-order valence-electron chi connectivity index (χ3n) is 3.80. The normalized spacial score (nSPS) is 11.2. The molecule has 0 bridgehead atoms. The molecule has 110 valence electrons. The molecule has 0 aliphatic carbocycles. The molecule has 0 fully saturated rings. The van der Waals surface area contributed by atoms with Crippen LogP contribution in [0.25, 0.3) is 0 Å². The zero-order chi connectivity index (χ0) is 13.4. The van der Waals surface area contributed by atoms with Crippen LogP contribution in [-0.2, 0) is 0 Å². The Labute approximate surface area is 126 Å². The maximum Gasteiger partial charge on any atom is 0.132 e. The van der Waals surface area contributed by atoms with Crippen LogP contribution in [0.5, 0.6) is 0 Å². The van der Waals surface area contributed by atoms with Gasteiger partial charge in [-0.2, -0.15) is 0 Å². The van der Waals surface area contributed by atoms with Gasteiger partial charge in [-0.25, -0.2) is 0 Å². The van der Waals surface area contributed by atoms with Crippen LogP contribution in [0.4, 0.5) is 5.69 Å². The van der Waals surface area contributed by atoms with E-state index in [2.05, 4.69) is 52.2 Å². The van der Waals surface area contributed by atoms with E-state index in [9.17, 15) is 0 Å². The number of hydrogen-bond acceptors (Lipinski definition) is 0. The van der Waals surface area contributed by atoms with Gasteiger partial charge in [0.2, 0.25) is 0 Å². The van der Waals surface area contributed by atoms with Gasteiger partial charge in [-0.05, 0) is 31.9 Å². The summed E-state index contributed by atoms with van der Waals surface area (Å²) in [6, 6.07) is 8.98. The monoisotopic (exact) mass is 283 g/mol. The molecule has 0 radical (unpaired) electrons. The van der Waals surface area contributed by atoms with Gasteiger partial charge < -0.3 is 12.4 Å². The second-order valence-electron chi connectivity index (χ2n) is 6.01. The van der Waals surface area contributed by atoms with E-state index in [-0.39, 0.29) is 12.4 Å². The van der Waals surface area contributed by atoms with E-state index in [0.717, 1.165) is 4.48 Å². The molecule has 0 N–H and O–H groups in total. The Kier molecular flexibility index (Phi) is 9.12. The third-order valence-corrected chi connectivity index (χ3v) is 3.80. The second kappa shape index (κ2) is 9.39. The molecule has 1 aromatic rings. The van der Waals surface area contributed by atoms with Crippen LogP contribution in [0.1, 0.15) is 51.0 Å². The summed E-state index contributed by atoms with van der Waals surface area (Å²) in [7, 11) is 4.63. The Balaban J connectivity index is 0.00000324. The lowest BCUT2D eigenvalue weighted by molar-refractivity contribution is -0.00000414. The van der Waals surface area contributed by atoms with E-state index in [0.29, 0.717) is 0 Å². The number of rotatable bonds is 8. The molecule has 0 aromatic heterocycles. The molecule has 0 saturated heterocycles. The van der Waals surface area contributed by atoms with Gasteiger partial charge in [0.25, 0.3) is 0 Å². The first kappa shape index (κ1) is 18.5. The molecule has 0 unspecified atom stereocenters. The molecular weight excluding hydrogens is 254 g/mol. The summed E-state index contributed by atoms with van der Waals surface area (Å²) in [5.74, 6) is 0. The molecule has 0 spiro atoms. The zero-order valence-corrected chi connectivity index (χ0v) is 13.8. The van der Waals surface area contributed by atoms with Gasteiger partial charge in [-0.15, -0.1) is 0 Å². The van der Waals surface area contributed by atoms with E-state index in [1.54, 1.807) is 0 Å². The van der Waals surface area contributed by atoms with Gasteiger partial charge in [-0.1, -0.05) is 50.3 Å². The fourth-order valence-electron chi connectivity index (χ4n) is 2.36. The molecule has 1 rings (SSSR count). The average molecular weight is 284 g/mol. The number of aryl methyl sites for hydroxylation is 1. The molecule has 0 aliphatic heterocycles. The summed E-state index contributed by atoms with van der Waals surface area (Å²) >= 11 is 0. The van der Waals surface area contributed by atoms with Crippen molar-refractivity contribution >= 4 is 5.69 Å². The lowest BCUT2D eigenvalue weighted by Crippen LogP contribution is -3.00. The first-order valence-corrected chi connectivity index (χ1v) is 7.46. The number of nitrogens with zero attached hydrogens (tertiary/aromatic N) is 1. The van der Waals surface area contributed by atoms with Gasteiger partial charge in [0.05, 0.1) is 20.6 Å². The fourth-order valence-corrected chi connectivity index (χ4v) is 2.36. The van der Waals surface area contributed by atoms with Crippen LogP contribution < -0.4 is 16.9 Å². The van der Waals surface area contributed by atoms with Crippen molar-refractivity contribution in [2.24, 2.45) is 0 Å². The van der Waals surface area contributed by atoms with Crippen molar-refractivity contribution in [3.63, 3.8) is 0 Å². The van der Waals surface area contributed by atoms with Crippen molar-refractivity contribution in [2.75, 3.05) is 20.6 Å². The predicted octanol–water partition coefficient (Wildman–Crippen LogP) is 1.93. The number of halogens is 1. The molecule has 0 atom stereocenters. The van der Waals surface area contributed by atoms with Crippen LogP contribution in [0, 0.1) is 6.92 Å². The Morgan fingerprint density at radius 2 is 1.37 bits per heavy atom. The van der Waals surface area contributed by atoms with Gasteiger partial charge in [-0.3, -0.25) is 4.48 Å². The van der Waals surface area contributed by atoms with E-state index in [1.807, 2.05) is 0 Å². The van der Waals surface area contributed by atoms with Crippen molar-refractivity contribution in [1.29, 1.82) is 0 Å². The van der Waals surface area contributed by atoms with Crippen molar-refractivity contribution in [3.8, 4) is 0 Å². The Bertz CT molecular complexity index is 330. The highest BCUT2D eigenvalue weighted by molar-refractivity contribution is 5.42. The lowest BCUT2D eigenvalue weighted by Gasteiger charge is -2.29. The average Bonchev–Trinajstić information content (AvgIpc) is 2.34. The number of hydrogen-bond donors (Lipinski definition) is 0. The standard InChI is InChI=1S/C17H30N.ClH/c1-5-6-7-8-9-10-15-18(3,4)17-13-11-16(2)12-14-17;/h11-14H,5-10,15H2,1-4H3;1H/q+1;/p-1. The van der Waals surface area contributed by atoms with Crippen LogP contribution in [-0.4, -0.2) is 20.6 Å². The quantitative estimate of drug-likeness (QED) is 0.505. The van der Waals surface area contributed by atoms with E-state index in [4.69, 9.17) is 0 Å². The van der Waals surface area contributed by atoms with Gasteiger partial charge in [0, 0.05) is 0 Å². The number of benzene rings is 1. The summed E-state index contributed by atoms with van der Waals surface area (Å²) in [5.41, 5.74) is 2.77. The summed E-state index contributed by atoms with van der Waals surface area (Å²) in [6.45, 7) is 5.67. The molecule has 0 amide bonds. The molecule has 1 aromatic carbocycles. The highest BCUT2D eigenvalue weighted by atomic mass is 35.5. The largest absolute Gasteiger partial charge is 1.00 e. The van der Waals surface area contributed by atoms with Crippen molar-refractivity contribution < 1.29 is 12.4 Å². The van der Waals surface area contributed by atoms with Gasteiger partial charge in [0.1, 0.15) is 5.69 Å². The topological polar surface area (TPSA) is 0 Å². The Hall–Kier alpha value is -0.530. The van der Waals surface area contributed by atoms with Gasteiger partial charge in [0.15, 0.2) is 0 Å². The highest BCUT2D eigenvalue weighted by Gasteiger charge is 2.17. The summed E-state index contributed by atoms with van der Waals surface area (Å²) in [6.07, 6.45) is 8.27. The lowest BCUT2D eigenvalue weighted by atomic mass is 10.1. The van der Waals surface area contributed by atoms with Gasteiger partial charge >= 0.3 is 0 Å². The second-order valence-corrected chi connectivity index (χ2v) is 6.01. The Morgan fingerprint density at radius 1 is 0.842 bits per heavy atom. The van der Waals surface area contributed by atoms with Crippen LogP contribution >= 0.6 is 0 Å². The maximum absolute atomic E-state index is 2.32. The molecule has 1 nitrogen and oxygen atoms in total. The Morgan fingerprint density at radius 3 is 1.95 bits per heavy atom. The van der Waals surface area contributed by atoms with E-state index in [1.165, 1.54) is 56.3 Å². The number of quaternary nitrogens is 1. The van der Waals surface area contributed by atoms with Crippen molar-refractivity contribution in [1.82, 2.24) is 4.48 Å². The van der Waals surface area contributed by atoms with E-state index < -0.39 is 0 Å². The molecule has 2 heteroatoms. The third kappa shape index (κ3) is 6.98. The smallest absolute Gasteiger partial charge is 0.132 e. The minimum atomic E-state index is 0.